The molecule has 0 heterocycles. The van der Waals surface area contributed by atoms with Crippen molar-refractivity contribution in [2.75, 3.05) is 6.61 Å². The number of rotatable bonds is 4. The topological polar surface area (TPSA) is 9.23 Å². The second-order valence-electron chi connectivity index (χ2n) is 6.73. The summed E-state index contributed by atoms with van der Waals surface area (Å²) in [6.07, 6.45) is 0.950. The zero-order chi connectivity index (χ0) is 20.1. The van der Waals surface area contributed by atoms with Crippen LogP contribution in [0.2, 0.25) is 0 Å². The molecule has 3 aromatic rings. The van der Waals surface area contributed by atoms with Gasteiger partial charge >= 0.3 is 0 Å². The fourth-order valence-corrected chi connectivity index (χ4v) is 2.79. The van der Waals surface area contributed by atoms with E-state index in [9.17, 15) is 8.78 Å². The van der Waals surface area contributed by atoms with Crippen LogP contribution in [-0.2, 0) is 0 Å². The van der Waals surface area contributed by atoms with Crippen LogP contribution in [0.4, 0.5) is 8.78 Å². The van der Waals surface area contributed by atoms with Gasteiger partial charge in [-0.3, -0.25) is 0 Å². The Morgan fingerprint density at radius 2 is 1.39 bits per heavy atom. The summed E-state index contributed by atoms with van der Waals surface area (Å²) in [7, 11) is 0. The Morgan fingerprint density at radius 3 is 2.04 bits per heavy atom. The van der Waals surface area contributed by atoms with Crippen LogP contribution in [0.25, 0.3) is 11.1 Å². The number of hydrogen-bond acceptors (Lipinski definition) is 1. The van der Waals surface area contributed by atoms with Gasteiger partial charge in [-0.25, -0.2) is 8.78 Å². The van der Waals surface area contributed by atoms with Crippen molar-refractivity contribution in [2.24, 2.45) is 0 Å². The molecule has 28 heavy (non-hydrogen) atoms. The van der Waals surface area contributed by atoms with Crippen molar-refractivity contribution in [1.29, 1.82) is 0 Å². The minimum Gasteiger partial charge on any atom is -0.494 e. The van der Waals surface area contributed by atoms with Crippen LogP contribution >= 0.6 is 0 Å². The predicted octanol–water partition coefficient (Wildman–Crippen LogP) is 6.44. The first-order chi connectivity index (χ1) is 13.5. The maximum Gasteiger partial charge on any atom is 0.139 e. The second-order valence-corrected chi connectivity index (χ2v) is 6.73. The average molecular weight is 376 g/mol. The number of ether oxygens (including phenoxy) is 1. The van der Waals surface area contributed by atoms with Crippen molar-refractivity contribution in [3.8, 4) is 28.7 Å². The Bertz CT molecular complexity index is 1060. The van der Waals surface area contributed by atoms with Crippen LogP contribution in [0.5, 0.6) is 5.75 Å². The molecule has 0 aliphatic heterocycles. The quantitative estimate of drug-likeness (QED) is 0.476. The summed E-state index contributed by atoms with van der Waals surface area (Å²) < 4.78 is 33.9. The molecule has 0 bridgehead atoms. The minimum atomic E-state index is -0.425. The van der Waals surface area contributed by atoms with E-state index in [1.54, 1.807) is 31.2 Å². The SMILES string of the molecule is CCCOc1ccc(C#Cc2ccc(-c3ccc(C)c(F)c3)cc2F)c(C)c1. The molecule has 3 aromatic carbocycles. The Balaban J connectivity index is 1.83. The monoisotopic (exact) mass is 376 g/mol. The zero-order valence-electron chi connectivity index (χ0n) is 16.3. The van der Waals surface area contributed by atoms with Gasteiger partial charge in [0.05, 0.1) is 12.2 Å². The third-order valence-electron chi connectivity index (χ3n) is 4.48. The largest absolute Gasteiger partial charge is 0.494 e. The Kier molecular flexibility index (Phi) is 6.11. The number of benzene rings is 3. The maximum absolute atomic E-state index is 14.5. The highest BCUT2D eigenvalue weighted by atomic mass is 19.1. The molecule has 3 heteroatoms. The molecule has 0 aliphatic rings. The predicted molar refractivity (Wildman–Crippen MR) is 109 cm³/mol. The van der Waals surface area contributed by atoms with Gasteiger partial charge in [-0.1, -0.05) is 37.0 Å². The van der Waals surface area contributed by atoms with Gasteiger partial charge in [-0.2, -0.15) is 0 Å². The van der Waals surface area contributed by atoms with E-state index in [1.165, 1.54) is 12.1 Å². The number of aryl methyl sites for hydroxylation is 2. The molecule has 3 rings (SSSR count). The molecule has 0 saturated carbocycles. The lowest BCUT2D eigenvalue weighted by molar-refractivity contribution is 0.317. The van der Waals surface area contributed by atoms with Gasteiger partial charge < -0.3 is 4.74 Å². The lowest BCUT2D eigenvalue weighted by Crippen LogP contribution is -1.95. The highest BCUT2D eigenvalue weighted by molar-refractivity contribution is 5.65. The fraction of sp³-hybridized carbons (Fsp3) is 0.200. The summed E-state index contributed by atoms with van der Waals surface area (Å²) >= 11 is 0. The summed E-state index contributed by atoms with van der Waals surface area (Å²) in [5.41, 5.74) is 3.94. The van der Waals surface area contributed by atoms with Crippen LogP contribution < -0.4 is 4.74 Å². The van der Waals surface area contributed by atoms with Crippen LogP contribution in [0.3, 0.4) is 0 Å². The Morgan fingerprint density at radius 1 is 0.750 bits per heavy atom. The number of halogens is 2. The molecule has 0 radical (unpaired) electrons. The smallest absolute Gasteiger partial charge is 0.139 e. The maximum atomic E-state index is 14.5. The summed E-state index contributed by atoms with van der Waals surface area (Å²) in [5, 5.41) is 0. The minimum absolute atomic E-state index is 0.302. The van der Waals surface area contributed by atoms with Gasteiger partial charge in [-0.15, -0.1) is 0 Å². The van der Waals surface area contributed by atoms with Gasteiger partial charge in [0.2, 0.25) is 0 Å². The summed E-state index contributed by atoms with van der Waals surface area (Å²) in [6.45, 7) is 6.38. The molecule has 142 valence electrons. The third kappa shape index (κ3) is 4.58. The van der Waals surface area contributed by atoms with E-state index < -0.39 is 5.82 Å². The van der Waals surface area contributed by atoms with Crippen LogP contribution in [0.1, 0.15) is 35.6 Å². The third-order valence-corrected chi connectivity index (χ3v) is 4.48. The van der Waals surface area contributed by atoms with Crippen molar-refractivity contribution < 1.29 is 13.5 Å². The first-order valence-corrected chi connectivity index (χ1v) is 9.29. The van der Waals surface area contributed by atoms with Gasteiger partial charge in [0.25, 0.3) is 0 Å². The lowest BCUT2D eigenvalue weighted by atomic mass is 10.0. The van der Waals surface area contributed by atoms with Crippen molar-refractivity contribution >= 4 is 0 Å². The van der Waals surface area contributed by atoms with Crippen molar-refractivity contribution in [2.45, 2.75) is 27.2 Å². The number of hydrogen-bond donors (Lipinski definition) is 0. The van der Waals surface area contributed by atoms with Crippen LogP contribution in [-0.4, -0.2) is 6.61 Å². The molecular weight excluding hydrogens is 354 g/mol. The van der Waals surface area contributed by atoms with E-state index in [-0.39, 0.29) is 5.82 Å². The molecule has 0 unspecified atom stereocenters. The molecule has 1 nitrogen and oxygen atoms in total. The van der Waals surface area contributed by atoms with E-state index in [0.717, 1.165) is 23.3 Å². The molecular formula is C25H22F2O. The Labute approximate surface area is 165 Å². The van der Waals surface area contributed by atoms with Gasteiger partial charge in [0.1, 0.15) is 17.4 Å². The summed E-state index contributed by atoms with van der Waals surface area (Å²) in [6, 6.07) is 15.4. The first-order valence-electron chi connectivity index (χ1n) is 9.29. The van der Waals surface area contributed by atoms with Crippen LogP contribution in [0.15, 0.2) is 54.6 Å². The molecule has 0 fully saturated rings. The van der Waals surface area contributed by atoms with Crippen molar-refractivity contribution in [1.82, 2.24) is 0 Å². The Hall–Kier alpha value is -3.12. The highest BCUT2D eigenvalue weighted by Crippen LogP contribution is 2.24. The highest BCUT2D eigenvalue weighted by Gasteiger charge is 2.06. The summed E-state index contributed by atoms with van der Waals surface area (Å²) in [4.78, 5) is 0. The van der Waals surface area contributed by atoms with Crippen LogP contribution in [0, 0.1) is 37.3 Å². The molecule has 0 N–H and O–H groups in total. The normalized spacial score (nSPS) is 10.3. The second kappa shape index (κ2) is 8.71. The molecule has 0 aromatic heterocycles. The summed E-state index contributed by atoms with van der Waals surface area (Å²) in [5.74, 6) is 6.00. The molecule has 0 aliphatic carbocycles. The van der Waals surface area contributed by atoms with Gasteiger partial charge in [0, 0.05) is 5.56 Å². The van der Waals surface area contributed by atoms with Gasteiger partial charge in [0.15, 0.2) is 0 Å². The molecule has 0 atom stereocenters. The van der Waals surface area contributed by atoms with E-state index in [1.807, 2.05) is 25.1 Å². The fourth-order valence-electron chi connectivity index (χ4n) is 2.79. The first kappa shape index (κ1) is 19.6. The van der Waals surface area contributed by atoms with E-state index in [4.69, 9.17) is 4.74 Å². The van der Waals surface area contributed by atoms with Crippen molar-refractivity contribution in [3.05, 3.63) is 88.5 Å². The van der Waals surface area contributed by atoms with Gasteiger partial charge in [-0.05, 0) is 78.9 Å². The zero-order valence-corrected chi connectivity index (χ0v) is 16.3. The van der Waals surface area contributed by atoms with Crippen molar-refractivity contribution in [3.63, 3.8) is 0 Å². The lowest BCUT2D eigenvalue weighted by Gasteiger charge is -2.06. The average Bonchev–Trinajstić information content (AvgIpc) is 2.68. The van der Waals surface area contributed by atoms with E-state index in [0.29, 0.717) is 28.9 Å². The van der Waals surface area contributed by atoms with E-state index >= 15 is 0 Å². The standard InChI is InChI=1S/C25H22F2O/c1-4-13-28-23-12-11-19(18(3)14-23)7-8-20-9-10-22(16-25(20)27)21-6-5-17(2)24(26)15-21/h5-6,9-12,14-16H,4,13H2,1-3H3. The molecule has 0 amide bonds. The van der Waals surface area contributed by atoms with E-state index in [2.05, 4.69) is 18.8 Å². The molecule has 0 saturated heterocycles. The molecule has 0 spiro atoms.